The molecule has 106 valence electrons. The number of rotatable bonds is 7. The van der Waals surface area contributed by atoms with Gasteiger partial charge in [-0.05, 0) is 6.42 Å². The van der Waals surface area contributed by atoms with Crippen LogP contribution in [0.15, 0.2) is 24.5 Å². The summed E-state index contributed by atoms with van der Waals surface area (Å²) < 4.78 is 4.97. The molecule has 0 fully saturated rings. The number of anilines is 1. The van der Waals surface area contributed by atoms with Crippen molar-refractivity contribution in [3.63, 3.8) is 0 Å². The van der Waals surface area contributed by atoms with E-state index in [9.17, 15) is 10.1 Å². The zero-order valence-electron chi connectivity index (χ0n) is 11.0. The SMILES string of the molecule is COc1ccc([N+](=O)[O-])c(NCCCc2ncc[nH]2)n1. The van der Waals surface area contributed by atoms with E-state index in [2.05, 4.69) is 20.3 Å². The lowest BCUT2D eigenvalue weighted by Gasteiger charge is -2.07. The summed E-state index contributed by atoms with van der Waals surface area (Å²) in [6.07, 6.45) is 5.00. The number of hydrogen-bond acceptors (Lipinski definition) is 6. The van der Waals surface area contributed by atoms with Crippen LogP contribution in [0.3, 0.4) is 0 Å². The van der Waals surface area contributed by atoms with Gasteiger partial charge in [-0.1, -0.05) is 0 Å². The van der Waals surface area contributed by atoms with Crippen molar-refractivity contribution in [2.75, 3.05) is 19.0 Å². The van der Waals surface area contributed by atoms with E-state index in [1.165, 1.54) is 19.2 Å². The largest absolute Gasteiger partial charge is 0.481 e. The molecule has 2 aromatic heterocycles. The van der Waals surface area contributed by atoms with Gasteiger partial charge < -0.3 is 15.0 Å². The Bertz CT molecular complexity index is 570. The van der Waals surface area contributed by atoms with E-state index in [1.54, 1.807) is 12.4 Å². The standard InChI is InChI=1S/C12H15N5O3/c1-20-11-5-4-9(17(18)19)12(16-11)15-6-2-3-10-13-7-8-14-10/h4-5,7-8H,2-3,6H2,1H3,(H,13,14)(H,15,16). The quantitative estimate of drug-likeness (QED) is 0.454. The van der Waals surface area contributed by atoms with Gasteiger partial charge in [-0.15, -0.1) is 0 Å². The normalized spacial score (nSPS) is 10.2. The van der Waals surface area contributed by atoms with Crippen LogP contribution >= 0.6 is 0 Å². The molecule has 8 heteroatoms. The molecule has 0 amide bonds. The minimum Gasteiger partial charge on any atom is -0.481 e. The topological polar surface area (TPSA) is 106 Å². The van der Waals surface area contributed by atoms with Crippen molar-refractivity contribution < 1.29 is 9.66 Å². The third-order valence-electron chi connectivity index (χ3n) is 2.69. The summed E-state index contributed by atoms with van der Waals surface area (Å²) in [6.45, 7) is 0.557. The highest BCUT2D eigenvalue weighted by Gasteiger charge is 2.15. The molecule has 8 nitrogen and oxygen atoms in total. The number of imidazole rings is 1. The van der Waals surface area contributed by atoms with Gasteiger partial charge in [0, 0.05) is 37.5 Å². The van der Waals surface area contributed by atoms with E-state index in [1.807, 2.05) is 0 Å². The highest BCUT2D eigenvalue weighted by molar-refractivity contribution is 5.56. The molecular weight excluding hydrogens is 262 g/mol. The van der Waals surface area contributed by atoms with Crippen molar-refractivity contribution in [3.05, 3.63) is 40.5 Å². The number of methoxy groups -OCH3 is 1. The summed E-state index contributed by atoms with van der Waals surface area (Å²) in [5.74, 6) is 1.44. The Labute approximate surface area is 115 Å². The number of aromatic amines is 1. The summed E-state index contributed by atoms with van der Waals surface area (Å²) in [6, 6.07) is 2.84. The Balaban J connectivity index is 1.95. The van der Waals surface area contributed by atoms with Crippen LogP contribution in [0.2, 0.25) is 0 Å². The predicted molar refractivity (Wildman–Crippen MR) is 72.8 cm³/mol. The van der Waals surface area contributed by atoms with Crippen LogP contribution < -0.4 is 10.1 Å². The molecule has 2 aromatic rings. The Morgan fingerprint density at radius 2 is 2.35 bits per heavy atom. The van der Waals surface area contributed by atoms with Crippen LogP contribution in [0, 0.1) is 10.1 Å². The first-order chi connectivity index (χ1) is 9.70. The fourth-order valence-corrected chi connectivity index (χ4v) is 1.72. The Morgan fingerprint density at radius 3 is 3.00 bits per heavy atom. The molecule has 0 radical (unpaired) electrons. The highest BCUT2D eigenvalue weighted by atomic mass is 16.6. The summed E-state index contributed by atoms with van der Waals surface area (Å²) in [5, 5.41) is 13.9. The number of hydrogen-bond donors (Lipinski definition) is 2. The fraction of sp³-hybridized carbons (Fsp3) is 0.333. The number of pyridine rings is 1. The van der Waals surface area contributed by atoms with E-state index >= 15 is 0 Å². The second kappa shape index (κ2) is 6.50. The molecule has 2 N–H and O–H groups in total. The van der Waals surface area contributed by atoms with Gasteiger partial charge in [0.25, 0.3) is 0 Å². The molecule has 0 bridgehead atoms. The van der Waals surface area contributed by atoms with Gasteiger partial charge in [0.1, 0.15) is 5.82 Å². The maximum absolute atomic E-state index is 10.9. The molecule has 0 aliphatic rings. The monoisotopic (exact) mass is 277 g/mol. The van der Waals surface area contributed by atoms with E-state index in [4.69, 9.17) is 4.74 Å². The molecule has 0 unspecified atom stereocenters. The van der Waals surface area contributed by atoms with Gasteiger partial charge in [0.15, 0.2) is 0 Å². The van der Waals surface area contributed by atoms with Crippen LogP contribution in [0.5, 0.6) is 5.88 Å². The minimum atomic E-state index is -0.471. The number of aromatic nitrogens is 3. The van der Waals surface area contributed by atoms with Gasteiger partial charge in [-0.3, -0.25) is 10.1 Å². The lowest BCUT2D eigenvalue weighted by Crippen LogP contribution is -2.08. The first kappa shape index (κ1) is 13.8. The number of nitrogens with zero attached hydrogens (tertiary/aromatic N) is 3. The molecular formula is C12H15N5O3. The van der Waals surface area contributed by atoms with Crippen LogP contribution in [-0.4, -0.2) is 33.5 Å². The van der Waals surface area contributed by atoms with Crippen LogP contribution in [0.25, 0.3) is 0 Å². The Kier molecular flexibility index (Phi) is 4.48. The van der Waals surface area contributed by atoms with Crippen molar-refractivity contribution in [1.82, 2.24) is 15.0 Å². The number of nitro groups is 1. The molecule has 0 aliphatic heterocycles. The summed E-state index contributed by atoms with van der Waals surface area (Å²) in [5.41, 5.74) is -0.0659. The number of aryl methyl sites for hydroxylation is 1. The molecule has 0 aliphatic carbocycles. The third kappa shape index (κ3) is 3.44. The van der Waals surface area contributed by atoms with E-state index < -0.39 is 4.92 Å². The van der Waals surface area contributed by atoms with Gasteiger partial charge in [0.05, 0.1) is 12.0 Å². The van der Waals surface area contributed by atoms with Crippen LogP contribution in [0.4, 0.5) is 11.5 Å². The molecule has 0 saturated heterocycles. The van der Waals surface area contributed by atoms with Gasteiger partial charge in [-0.2, -0.15) is 4.98 Å². The molecule has 0 saturated carbocycles. The highest BCUT2D eigenvalue weighted by Crippen LogP contribution is 2.24. The summed E-state index contributed by atoms with van der Waals surface area (Å²) >= 11 is 0. The average molecular weight is 277 g/mol. The van der Waals surface area contributed by atoms with E-state index in [0.717, 1.165) is 18.7 Å². The molecule has 20 heavy (non-hydrogen) atoms. The lowest BCUT2D eigenvalue weighted by molar-refractivity contribution is -0.384. The first-order valence-electron chi connectivity index (χ1n) is 6.12. The lowest BCUT2D eigenvalue weighted by atomic mass is 10.3. The first-order valence-corrected chi connectivity index (χ1v) is 6.12. The average Bonchev–Trinajstić information content (AvgIpc) is 2.96. The van der Waals surface area contributed by atoms with Gasteiger partial charge in [0.2, 0.25) is 11.7 Å². The van der Waals surface area contributed by atoms with Crippen molar-refractivity contribution >= 4 is 11.5 Å². The summed E-state index contributed by atoms with van der Waals surface area (Å²) in [7, 11) is 1.47. The molecule has 2 heterocycles. The Hall–Kier alpha value is -2.64. The van der Waals surface area contributed by atoms with E-state index in [-0.39, 0.29) is 11.5 Å². The van der Waals surface area contributed by atoms with Crippen molar-refractivity contribution in [3.8, 4) is 5.88 Å². The van der Waals surface area contributed by atoms with Gasteiger partial charge >= 0.3 is 5.69 Å². The van der Waals surface area contributed by atoms with Crippen molar-refractivity contribution in [2.24, 2.45) is 0 Å². The molecule has 0 spiro atoms. The predicted octanol–water partition coefficient (Wildman–Crippen LogP) is 1.77. The number of nitrogens with one attached hydrogen (secondary N) is 2. The van der Waals surface area contributed by atoms with Crippen LogP contribution in [-0.2, 0) is 6.42 Å². The second-order valence-electron chi connectivity index (χ2n) is 4.04. The Morgan fingerprint density at radius 1 is 1.50 bits per heavy atom. The van der Waals surface area contributed by atoms with E-state index in [0.29, 0.717) is 12.4 Å². The zero-order chi connectivity index (χ0) is 14.4. The number of H-pyrrole nitrogens is 1. The smallest absolute Gasteiger partial charge is 0.311 e. The van der Waals surface area contributed by atoms with Crippen LogP contribution in [0.1, 0.15) is 12.2 Å². The number of ether oxygens (including phenoxy) is 1. The van der Waals surface area contributed by atoms with Gasteiger partial charge in [-0.25, -0.2) is 4.98 Å². The maximum Gasteiger partial charge on any atom is 0.311 e. The molecule has 0 atom stereocenters. The van der Waals surface area contributed by atoms with Crippen molar-refractivity contribution in [2.45, 2.75) is 12.8 Å². The fourth-order valence-electron chi connectivity index (χ4n) is 1.72. The maximum atomic E-state index is 10.9. The molecule has 2 rings (SSSR count). The molecule has 0 aromatic carbocycles. The second-order valence-corrected chi connectivity index (χ2v) is 4.04. The third-order valence-corrected chi connectivity index (χ3v) is 2.69. The van der Waals surface area contributed by atoms with Crippen molar-refractivity contribution in [1.29, 1.82) is 0 Å². The summed E-state index contributed by atoms with van der Waals surface area (Å²) in [4.78, 5) is 21.6. The minimum absolute atomic E-state index is 0.0659. The zero-order valence-corrected chi connectivity index (χ0v) is 11.0.